The molecule has 14 heteroatoms. The van der Waals surface area contributed by atoms with E-state index in [9.17, 15) is 32.4 Å². The Bertz CT molecular complexity index is 1660. The van der Waals surface area contributed by atoms with Crippen LogP contribution in [-0.4, -0.2) is 96.4 Å². The minimum atomic E-state index is -3.85. The molecular formula is C35H47N5O8S. The van der Waals surface area contributed by atoms with Crippen molar-refractivity contribution in [3.63, 3.8) is 0 Å². The Hall–Kier alpha value is -3.94. The highest BCUT2D eigenvalue weighted by atomic mass is 32.2. The Balaban J connectivity index is 1.27. The lowest BCUT2D eigenvalue weighted by Crippen LogP contribution is -2.56. The Morgan fingerprint density at radius 2 is 1.88 bits per heavy atom. The first-order valence-corrected chi connectivity index (χ1v) is 18.9. The molecule has 0 radical (unpaired) electrons. The van der Waals surface area contributed by atoms with Gasteiger partial charge in [0.25, 0.3) is 0 Å². The van der Waals surface area contributed by atoms with E-state index in [4.69, 9.17) is 4.74 Å². The number of carbonyl (C=O) groups is 5. The van der Waals surface area contributed by atoms with Gasteiger partial charge < -0.3 is 19.9 Å². The number of Topliss-reactive ketones (excluding diaryl/α,β-unsaturated/α-hetero) is 1. The van der Waals surface area contributed by atoms with Crippen molar-refractivity contribution < 1.29 is 37.1 Å². The van der Waals surface area contributed by atoms with Gasteiger partial charge in [0.15, 0.2) is 5.78 Å². The molecule has 5 amide bonds. The van der Waals surface area contributed by atoms with Crippen LogP contribution in [0.3, 0.4) is 0 Å². The van der Waals surface area contributed by atoms with Crippen LogP contribution in [0.25, 0.3) is 0 Å². The zero-order valence-electron chi connectivity index (χ0n) is 28.5. The number of allylic oxidation sites excluding steroid dienone is 1. The van der Waals surface area contributed by atoms with Gasteiger partial charge in [0.2, 0.25) is 21.8 Å². The van der Waals surface area contributed by atoms with E-state index in [1.54, 1.807) is 36.8 Å². The number of nitrogens with zero attached hydrogens (tertiary/aromatic N) is 3. The number of ether oxygens (including phenoxy) is 1. The van der Waals surface area contributed by atoms with Crippen molar-refractivity contribution in [3.05, 3.63) is 47.5 Å². The quantitative estimate of drug-likeness (QED) is 0.392. The molecule has 4 bridgehead atoms. The molecule has 13 nitrogen and oxygen atoms in total. The van der Waals surface area contributed by atoms with E-state index in [2.05, 4.69) is 22.7 Å². The first kappa shape index (κ1) is 34.9. The molecule has 1 aromatic rings. The van der Waals surface area contributed by atoms with Gasteiger partial charge >= 0.3 is 12.1 Å². The highest BCUT2D eigenvalue weighted by molar-refractivity contribution is 7.90. The number of hydrogen-bond donors (Lipinski definition) is 2. The van der Waals surface area contributed by atoms with E-state index < -0.39 is 74.5 Å². The smallest absolute Gasteiger partial charge is 0.410 e. The van der Waals surface area contributed by atoms with Gasteiger partial charge in [-0.1, -0.05) is 38.1 Å². The molecule has 1 aromatic carbocycles. The van der Waals surface area contributed by atoms with E-state index in [0.717, 1.165) is 36.0 Å². The Morgan fingerprint density at radius 1 is 1.14 bits per heavy atom. The number of carbonyl (C=O) groups excluding carboxylic acids is 5. The van der Waals surface area contributed by atoms with Crippen LogP contribution in [0.2, 0.25) is 0 Å². The number of fused-ring (bicyclic) bond motifs is 3. The summed E-state index contributed by atoms with van der Waals surface area (Å²) in [5, 5.41) is 2.25. The maximum Gasteiger partial charge on any atom is 0.410 e. The number of nitrogens with one attached hydrogen (secondary N) is 2. The van der Waals surface area contributed by atoms with E-state index in [0.29, 0.717) is 32.5 Å². The highest BCUT2D eigenvalue weighted by Crippen LogP contribution is 2.57. The second-order valence-corrected chi connectivity index (χ2v) is 16.7. The molecular weight excluding hydrogens is 650 g/mol. The number of amides is 5. The van der Waals surface area contributed by atoms with Crippen molar-refractivity contribution in [1.82, 2.24) is 24.7 Å². The van der Waals surface area contributed by atoms with Crippen molar-refractivity contribution >= 4 is 39.7 Å². The van der Waals surface area contributed by atoms with Gasteiger partial charge in [-0.25, -0.2) is 18.0 Å². The summed E-state index contributed by atoms with van der Waals surface area (Å²) in [6, 6.07) is 3.62. The number of benzene rings is 1. The van der Waals surface area contributed by atoms with E-state index in [1.807, 2.05) is 12.1 Å². The molecule has 2 aliphatic carbocycles. The van der Waals surface area contributed by atoms with Crippen LogP contribution in [0.4, 0.5) is 9.59 Å². The molecule has 49 heavy (non-hydrogen) atoms. The Labute approximate surface area is 287 Å². The third-order valence-electron chi connectivity index (χ3n) is 10.8. The zero-order valence-corrected chi connectivity index (χ0v) is 29.3. The van der Waals surface area contributed by atoms with Crippen LogP contribution < -0.4 is 10.0 Å². The maximum atomic E-state index is 14.2. The summed E-state index contributed by atoms with van der Waals surface area (Å²) in [5.74, 6) is -2.41. The summed E-state index contributed by atoms with van der Waals surface area (Å²) in [5.41, 5.74) is 2.00. The Morgan fingerprint density at radius 3 is 2.55 bits per heavy atom. The first-order valence-electron chi connectivity index (χ1n) is 17.3. The largest absolute Gasteiger partial charge is 0.444 e. The first-order chi connectivity index (χ1) is 23.2. The van der Waals surface area contributed by atoms with Gasteiger partial charge in [0.05, 0.1) is 23.3 Å². The topological polar surface area (TPSA) is 162 Å². The molecule has 3 heterocycles. The summed E-state index contributed by atoms with van der Waals surface area (Å²) in [6.07, 6.45) is 3.49. The number of aryl methyl sites for hydroxylation is 1. The molecule has 1 saturated heterocycles. The number of ketones is 1. The van der Waals surface area contributed by atoms with Crippen molar-refractivity contribution in [2.75, 3.05) is 20.1 Å². The van der Waals surface area contributed by atoms with Crippen LogP contribution in [0.15, 0.2) is 30.9 Å². The fraction of sp³-hybridized carbons (Fsp3) is 0.629. The number of urea groups is 1. The Kier molecular flexibility index (Phi) is 9.55. The van der Waals surface area contributed by atoms with Gasteiger partial charge in [0.1, 0.15) is 12.1 Å². The minimum Gasteiger partial charge on any atom is -0.444 e. The summed E-state index contributed by atoms with van der Waals surface area (Å²) in [6.45, 7) is 8.59. The molecule has 6 rings (SSSR count). The van der Waals surface area contributed by atoms with Crippen molar-refractivity contribution in [2.45, 2.75) is 102 Å². The van der Waals surface area contributed by atoms with Crippen LogP contribution in [-0.2, 0) is 48.7 Å². The van der Waals surface area contributed by atoms with Gasteiger partial charge in [0, 0.05) is 39.5 Å². The SMILES string of the molecule is C=C[C@@H]1C[C@]1(CC(=O)[C@@H]1C[C@@H]2CN1C(=O)[C@H](C(C)C)NC(=O)N(C)CCCCc1cccc3c1CN(C3)C(=O)O2)C(=O)NS(=O)(=O)C1CC1. The third-order valence-corrected chi connectivity index (χ3v) is 12.6. The molecule has 2 saturated carbocycles. The molecule has 0 unspecified atom stereocenters. The highest BCUT2D eigenvalue weighted by Gasteiger charge is 2.61. The van der Waals surface area contributed by atoms with Crippen molar-refractivity contribution in [2.24, 2.45) is 17.3 Å². The number of sulfonamides is 1. The zero-order chi connectivity index (χ0) is 35.2. The van der Waals surface area contributed by atoms with Crippen LogP contribution in [0.1, 0.15) is 75.5 Å². The van der Waals surface area contributed by atoms with E-state index in [1.165, 1.54) is 4.90 Å². The number of rotatable bonds is 8. The lowest BCUT2D eigenvalue weighted by molar-refractivity contribution is -0.141. The molecule has 2 N–H and O–H groups in total. The van der Waals surface area contributed by atoms with Gasteiger partial charge in [-0.2, -0.15) is 0 Å². The average molecular weight is 698 g/mol. The second-order valence-electron chi connectivity index (χ2n) is 14.7. The average Bonchev–Trinajstić information content (AvgIpc) is 3.95. The van der Waals surface area contributed by atoms with Gasteiger partial charge in [-0.3, -0.25) is 24.0 Å². The monoisotopic (exact) mass is 697 g/mol. The van der Waals surface area contributed by atoms with Gasteiger partial charge in [-0.05, 0) is 67.1 Å². The van der Waals surface area contributed by atoms with Crippen molar-refractivity contribution in [3.8, 4) is 0 Å². The van der Waals surface area contributed by atoms with Crippen LogP contribution in [0, 0.1) is 17.3 Å². The standard InChI is InChI=1S/C35H47N5O8S/c1-5-24-16-35(24,32(43)37-49(46,47)26-12-13-26)17-29(41)28-15-25-19-40(28)31(42)30(21(2)3)36-33(44)38(4)14-7-6-9-22-10-8-11-23-18-39(20-27(22)23)34(45)48-25/h5,8,10-11,21,24-26,28,30H,1,6-7,9,12-20H2,2-4H3,(H,36,44)(H,37,43)/t24-,25-,28+,30+,35-/m1/s1. The normalized spacial score (nSPS) is 29.2. The lowest BCUT2D eigenvalue weighted by atomic mass is 9.91. The molecule has 266 valence electrons. The lowest BCUT2D eigenvalue weighted by Gasteiger charge is -2.32. The third kappa shape index (κ3) is 7.06. The summed E-state index contributed by atoms with van der Waals surface area (Å²) < 4.78 is 33.4. The number of hydrogen-bond acceptors (Lipinski definition) is 8. The maximum absolute atomic E-state index is 14.2. The molecule has 5 atom stereocenters. The van der Waals surface area contributed by atoms with Crippen LogP contribution >= 0.6 is 0 Å². The fourth-order valence-corrected chi connectivity index (χ4v) is 8.90. The second kappa shape index (κ2) is 13.4. The molecule has 5 aliphatic rings. The van der Waals surface area contributed by atoms with Crippen molar-refractivity contribution in [1.29, 1.82) is 0 Å². The molecule has 0 aromatic heterocycles. The molecule has 3 aliphatic heterocycles. The molecule has 3 fully saturated rings. The van der Waals surface area contributed by atoms with Gasteiger partial charge in [-0.15, -0.1) is 6.58 Å². The predicted molar refractivity (Wildman–Crippen MR) is 179 cm³/mol. The fourth-order valence-electron chi connectivity index (χ4n) is 7.51. The van der Waals surface area contributed by atoms with E-state index in [-0.39, 0.29) is 31.7 Å². The molecule has 0 spiro atoms. The van der Waals surface area contributed by atoms with Crippen LogP contribution in [0.5, 0.6) is 0 Å². The predicted octanol–water partition coefficient (Wildman–Crippen LogP) is 2.87. The van der Waals surface area contributed by atoms with E-state index >= 15 is 0 Å². The minimum absolute atomic E-state index is 0.0117. The summed E-state index contributed by atoms with van der Waals surface area (Å²) >= 11 is 0. The summed E-state index contributed by atoms with van der Waals surface area (Å²) in [4.78, 5) is 73.2. The summed E-state index contributed by atoms with van der Waals surface area (Å²) in [7, 11) is -2.16.